The molecule has 4 aromatic heterocycles. The zero-order valence-electron chi connectivity index (χ0n) is 37.8. The van der Waals surface area contributed by atoms with E-state index in [0.717, 1.165) is 11.4 Å². The molecule has 2 nitrogen and oxygen atoms in total. The zero-order valence-corrected chi connectivity index (χ0v) is 39.4. The van der Waals surface area contributed by atoms with Crippen LogP contribution in [0.3, 0.4) is 0 Å². The Kier molecular flexibility index (Phi) is 8.73. The fourth-order valence-electron chi connectivity index (χ4n) is 11.3. The van der Waals surface area contributed by atoms with Crippen LogP contribution in [0.2, 0.25) is 0 Å². The van der Waals surface area contributed by atoms with E-state index in [2.05, 4.69) is 252 Å². The second-order valence-electron chi connectivity index (χ2n) is 18.4. The van der Waals surface area contributed by atoms with Crippen molar-refractivity contribution in [3.63, 3.8) is 0 Å². The standard InChI is InChI=1S/C66H40N2S2/c1-3-17-41(18-4-1)44-22-16-24-48(37-44)67-59-30-12-8-28-55(59)62-56(40-57-52-27-10-14-32-61(52)70-66(57)64(62)67)45-23-15-21-43(35-45)47-36-46(42-19-5-2-6-20-42)38-49(39-47)68-58-29-11-7-25-50(58)53-33-34-54-51-26-9-13-31-60(51)69-65(54)63(53)68/h1-40H. The molecule has 0 N–H and O–H groups in total. The fourth-order valence-corrected chi connectivity index (χ4v) is 13.8. The molecule has 0 aliphatic carbocycles. The molecule has 0 radical (unpaired) electrons. The number of rotatable bonds is 6. The van der Waals surface area contributed by atoms with E-state index in [1.807, 2.05) is 22.7 Å². The van der Waals surface area contributed by atoms with Crippen molar-refractivity contribution in [2.24, 2.45) is 0 Å². The smallest absolute Gasteiger partial charge is 0.0726 e. The van der Waals surface area contributed by atoms with Crippen molar-refractivity contribution in [3.8, 4) is 55.9 Å². The van der Waals surface area contributed by atoms with Crippen LogP contribution in [0.4, 0.5) is 0 Å². The molecule has 0 aliphatic rings. The van der Waals surface area contributed by atoms with Gasteiger partial charge in [-0.2, -0.15) is 0 Å². The fraction of sp³-hybridized carbons (Fsp3) is 0. The third kappa shape index (κ3) is 5.97. The van der Waals surface area contributed by atoms with Crippen LogP contribution in [-0.2, 0) is 0 Å². The van der Waals surface area contributed by atoms with Crippen molar-refractivity contribution in [3.05, 3.63) is 243 Å². The normalized spacial score (nSPS) is 12.0. The molecule has 15 aromatic rings. The Morgan fingerprint density at radius 3 is 1.46 bits per heavy atom. The first kappa shape index (κ1) is 39.5. The number of hydrogen-bond acceptors (Lipinski definition) is 2. The number of hydrogen-bond donors (Lipinski definition) is 0. The number of benzene rings is 11. The number of fused-ring (bicyclic) bond motifs is 14. The number of thiophene rings is 2. The van der Waals surface area contributed by atoms with Gasteiger partial charge in [-0.25, -0.2) is 0 Å². The lowest BCUT2D eigenvalue weighted by Crippen LogP contribution is -1.96. The summed E-state index contributed by atoms with van der Waals surface area (Å²) in [6, 6.07) is 89.9. The molecule has 0 spiro atoms. The molecule has 11 aromatic carbocycles. The van der Waals surface area contributed by atoms with E-state index in [9.17, 15) is 0 Å². The van der Waals surface area contributed by atoms with E-state index >= 15 is 0 Å². The average molecular weight is 925 g/mol. The molecule has 0 fully saturated rings. The summed E-state index contributed by atoms with van der Waals surface area (Å²) in [4.78, 5) is 0. The highest BCUT2D eigenvalue weighted by molar-refractivity contribution is 7.27. The number of para-hydroxylation sites is 2. The molecular formula is C66H40N2S2. The SMILES string of the molecule is c1ccc(-c2cc(-c3cccc(-c4cc5c6ccccc6sc5c5c4c4ccccc4n5-c4cccc(-c5ccccc5)c4)c3)cc(-n3c4ccccc4c4ccc5c6ccccc6sc5c43)c2)cc1. The first-order valence-corrected chi connectivity index (χ1v) is 25.5. The van der Waals surface area contributed by atoms with E-state index in [-0.39, 0.29) is 0 Å². The van der Waals surface area contributed by atoms with Crippen LogP contribution < -0.4 is 0 Å². The summed E-state index contributed by atoms with van der Waals surface area (Å²) < 4.78 is 10.3. The van der Waals surface area contributed by atoms with Gasteiger partial charge in [0.15, 0.2) is 0 Å². The first-order chi connectivity index (χ1) is 34.7. The van der Waals surface area contributed by atoms with Gasteiger partial charge in [-0.05, 0) is 111 Å². The Morgan fingerprint density at radius 1 is 0.257 bits per heavy atom. The number of aromatic nitrogens is 2. The molecule has 0 atom stereocenters. The molecule has 0 amide bonds. The molecule has 0 bridgehead atoms. The molecule has 326 valence electrons. The van der Waals surface area contributed by atoms with E-state index in [1.165, 1.54) is 128 Å². The van der Waals surface area contributed by atoms with Crippen LogP contribution in [0.25, 0.3) is 140 Å². The van der Waals surface area contributed by atoms with Gasteiger partial charge in [0.2, 0.25) is 0 Å². The van der Waals surface area contributed by atoms with Crippen molar-refractivity contribution in [1.29, 1.82) is 0 Å². The lowest BCUT2D eigenvalue weighted by atomic mass is 9.93. The monoisotopic (exact) mass is 924 g/mol. The molecule has 70 heavy (non-hydrogen) atoms. The van der Waals surface area contributed by atoms with Gasteiger partial charge >= 0.3 is 0 Å². The van der Waals surface area contributed by atoms with Crippen molar-refractivity contribution < 1.29 is 0 Å². The van der Waals surface area contributed by atoms with Crippen molar-refractivity contribution in [2.75, 3.05) is 0 Å². The highest BCUT2D eigenvalue weighted by Crippen LogP contribution is 2.49. The predicted octanol–water partition coefficient (Wildman–Crippen LogP) is 19.3. The van der Waals surface area contributed by atoms with Crippen LogP contribution in [0.15, 0.2) is 243 Å². The van der Waals surface area contributed by atoms with Gasteiger partial charge in [0.1, 0.15) is 0 Å². The van der Waals surface area contributed by atoms with Gasteiger partial charge in [0, 0.05) is 63.9 Å². The van der Waals surface area contributed by atoms with Crippen LogP contribution >= 0.6 is 22.7 Å². The summed E-state index contributed by atoms with van der Waals surface area (Å²) in [6.07, 6.45) is 0. The summed E-state index contributed by atoms with van der Waals surface area (Å²) >= 11 is 3.80. The molecule has 4 heteroatoms. The van der Waals surface area contributed by atoms with Gasteiger partial charge in [-0.15, -0.1) is 22.7 Å². The summed E-state index contributed by atoms with van der Waals surface area (Å²) in [6.45, 7) is 0. The average Bonchev–Trinajstić information content (AvgIpc) is 4.19. The van der Waals surface area contributed by atoms with Crippen molar-refractivity contribution in [2.45, 2.75) is 0 Å². The van der Waals surface area contributed by atoms with E-state index in [4.69, 9.17) is 0 Å². The molecule has 4 heterocycles. The van der Waals surface area contributed by atoms with Gasteiger partial charge in [0.05, 0.1) is 31.5 Å². The number of nitrogens with zero attached hydrogens (tertiary/aromatic N) is 2. The quantitative estimate of drug-likeness (QED) is 0.157. The van der Waals surface area contributed by atoms with Gasteiger partial charge in [-0.3, -0.25) is 0 Å². The third-order valence-corrected chi connectivity index (χ3v) is 16.8. The maximum Gasteiger partial charge on any atom is 0.0726 e. The largest absolute Gasteiger partial charge is 0.308 e. The molecular weight excluding hydrogens is 885 g/mol. The van der Waals surface area contributed by atoms with Gasteiger partial charge in [-0.1, -0.05) is 176 Å². The van der Waals surface area contributed by atoms with Crippen LogP contribution in [0, 0.1) is 0 Å². The molecule has 0 saturated heterocycles. The molecule has 15 rings (SSSR count). The van der Waals surface area contributed by atoms with Crippen LogP contribution in [0.5, 0.6) is 0 Å². The lowest BCUT2D eigenvalue weighted by Gasteiger charge is -2.15. The Labute approximate surface area is 411 Å². The Balaban J connectivity index is 0.994. The Morgan fingerprint density at radius 2 is 0.729 bits per heavy atom. The summed E-state index contributed by atoms with van der Waals surface area (Å²) in [7, 11) is 0. The van der Waals surface area contributed by atoms with E-state index in [1.54, 1.807) is 0 Å². The van der Waals surface area contributed by atoms with Crippen molar-refractivity contribution >= 4 is 107 Å². The van der Waals surface area contributed by atoms with E-state index < -0.39 is 0 Å². The highest BCUT2D eigenvalue weighted by Gasteiger charge is 2.23. The molecule has 0 saturated carbocycles. The lowest BCUT2D eigenvalue weighted by molar-refractivity contribution is 1.19. The second kappa shape index (κ2) is 15.5. The Bertz CT molecular complexity index is 4590. The minimum absolute atomic E-state index is 1.15. The van der Waals surface area contributed by atoms with Crippen LogP contribution in [-0.4, -0.2) is 9.13 Å². The maximum absolute atomic E-state index is 2.53. The zero-order chi connectivity index (χ0) is 45.9. The second-order valence-corrected chi connectivity index (χ2v) is 20.5. The van der Waals surface area contributed by atoms with E-state index in [0.29, 0.717) is 0 Å². The molecule has 0 unspecified atom stereocenters. The maximum atomic E-state index is 2.53. The topological polar surface area (TPSA) is 9.86 Å². The van der Waals surface area contributed by atoms with Gasteiger partial charge in [0.25, 0.3) is 0 Å². The Hall–Kier alpha value is -8.54. The van der Waals surface area contributed by atoms with Crippen molar-refractivity contribution in [1.82, 2.24) is 9.13 Å². The predicted molar refractivity (Wildman–Crippen MR) is 303 cm³/mol. The van der Waals surface area contributed by atoms with Gasteiger partial charge < -0.3 is 9.13 Å². The summed E-state index contributed by atoms with van der Waals surface area (Å²) in [5.41, 5.74) is 16.8. The van der Waals surface area contributed by atoms with Crippen LogP contribution in [0.1, 0.15) is 0 Å². The molecule has 0 aliphatic heterocycles. The minimum Gasteiger partial charge on any atom is -0.308 e. The summed E-state index contributed by atoms with van der Waals surface area (Å²) in [5, 5.41) is 10.2. The first-order valence-electron chi connectivity index (χ1n) is 23.9. The highest BCUT2D eigenvalue weighted by atomic mass is 32.1. The third-order valence-electron chi connectivity index (χ3n) is 14.5. The minimum atomic E-state index is 1.15. The summed E-state index contributed by atoms with van der Waals surface area (Å²) in [5.74, 6) is 0.